The van der Waals surface area contributed by atoms with Crippen molar-refractivity contribution in [1.29, 1.82) is 0 Å². The minimum atomic E-state index is 0. The zero-order chi connectivity index (χ0) is 18.9. The second-order valence-corrected chi connectivity index (χ2v) is 7.17. The molecule has 3 aromatic heterocycles. The predicted molar refractivity (Wildman–Crippen MR) is 117 cm³/mol. The largest absolute Gasteiger partial charge is 0.496 e. The number of ether oxygens (including phenoxy) is 1. The molecular weight excluding hydrogens is 408 g/mol. The number of nitrogens with zero attached hydrogens (tertiary/aromatic N) is 6. The summed E-state index contributed by atoms with van der Waals surface area (Å²) < 4.78 is 9.23. The van der Waals surface area contributed by atoms with E-state index >= 15 is 0 Å². The van der Waals surface area contributed by atoms with Gasteiger partial charge in [0, 0.05) is 5.56 Å². The summed E-state index contributed by atoms with van der Waals surface area (Å²) in [5.74, 6) is 1.60. The van der Waals surface area contributed by atoms with Gasteiger partial charge < -0.3 is 9.30 Å². The minimum absolute atomic E-state index is 0. The summed E-state index contributed by atoms with van der Waals surface area (Å²) in [7, 11) is 1.67. The highest BCUT2D eigenvalue weighted by Gasteiger charge is 2.12. The van der Waals surface area contributed by atoms with E-state index in [9.17, 15) is 0 Å². The number of halogens is 1. The summed E-state index contributed by atoms with van der Waals surface area (Å²) in [5, 5.41) is 14.1. The normalized spacial score (nSPS) is 11.3. The Hall–Kier alpha value is -3.23. The number of methoxy groups -OCH3 is 1. The van der Waals surface area contributed by atoms with Crippen LogP contribution in [-0.2, 0) is 6.54 Å². The van der Waals surface area contributed by atoms with E-state index in [1.54, 1.807) is 11.6 Å². The summed E-state index contributed by atoms with van der Waals surface area (Å²) in [6, 6.07) is 15.9. The van der Waals surface area contributed by atoms with E-state index in [1.165, 1.54) is 11.3 Å². The van der Waals surface area contributed by atoms with Crippen molar-refractivity contribution in [2.75, 3.05) is 7.11 Å². The van der Waals surface area contributed by atoms with Crippen LogP contribution in [0, 0.1) is 0 Å². The van der Waals surface area contributed by atoms with Gasteiger partial charge in [-0.05, 0) is 30.4 Å². The highest BCUT2D eigenvalue weighted by molar-refractivity contribution is 7.17. The summed E-state index contributed by atoms with van der Waals surface area (Å²) in [6.45, 7) is 0.557. The van der Waals surface area contributed by atoms with E-state index < -0.39 is 0 Å². The van der Waals surface area contributed by atoms with Gasteiger partial charge in [-0.15, -0.1) is 22.6 Å². The fourth-order valence-corrected chi connectivity index (χ4v) is 3.85. The van der Waals surface area contributed by atoms with Crippen LogP contribution in [0.4, 0.5) is 0 Å². The van der Waals surface area contributed by atoms with Gasteiger partial charge >= 0.3 is 0 Å². The molecule has 146 valence electrons. The Balaban J connectivity index is 0.00000205. The maximum absolute atomic E-state index is 5.39. The highest BCUT2D eigenvalue weighted by Crippen LogP contribution is 2.22. The average Bonchev–Trinajstić information content (AvgIpc) is 3.43. The van der Waals surface area contributed by atoms with Gasteiger partial charge in [-0.3, -0.25) is 0 Å². The van der Waals surface area contributed by atoms with Crippen molar-refractivity contribution < 1.29 is 4.74 Å². The third-order valence-corrected chi connectivity index (χ3v) is 5.32. The fraction of sp³-hybridized carbons (Fsp3) is 0.100. The second kappa shape index (κ2) is 8.02. The minimum Gasteiger partial charge on any atom is -0.496 e. The van der Waals surface area contributed by atoms with Crippen LogP contribution in [0.2, 0.25) is 0 Å². The molecule has 9 heteroatoms. The molecular formula is C20H17ClN6OS. The van der Waals surface area contributed by atoms with Crippen molar-refractivity contribution in [2.24, 2.45) is 0 Å². The lowest BCUT2D eigenvalue weighted by Crippen LogP contribution is -2.04. The molecule has 7 nitrogen and oxygen atoms in total. The third kappa shape index (κ3) is 3.59. The maximum atomic E-state index is 5.39. The Morgan fingerprint density at radius 1 is 1.03 bits per heavy atom. The van der Waals surface area contributed by atoms with Crippen molar-refractivity contribution in [3.8, 4) is 5.75 Å². The summed E-state index contributed by atoms with van der Waals surface area (Å²) >= 11 is 1.49. The molecule has 0 aliphatic carbocycles. The van der Waals surface area contributed by atoms with E-state index in [4.69, 9.17) is 4.74 Å². The molecule has 0 unspecified atom stereocenters. The maximum Gasteiger partial charge on any atom is 0.235 e. The first-order valence-electron chi connectivity index (χ1n) is 8.74. The van der Waals surface area contributed by atoms with Crippen molar-refractivity contribution in [2.45, 2.75) is 6.54 Å². The molecule has 0 fully saturated rings. The van der Waals surface area contributed by atoms with E-state index in [2.05, 4.69) is 24.8 Å². The Kier molecular flexibility index (Phi) is 5.28. The lowest BCUT2D eigenvalue weighted by molar-refractivity contribution is 0.414. The predicted octanol–water partition coefficient (Wildman–Crippen LogP) is 4.18. The van der Waals surface area contributed by atoms with Crippen LogP contribution < -0.4 is 4.74 Å². The zero-order valence-electron chi connectivity index (χ0n) is 15.5. The Bertz CT molecular complexity index is 1300. The molecule has 0 N–H and O–H groups in total. The lowest BCUT2D eigenvalue weighted by Gasteiger charge is -2.02. The molecule has 0 bridgehead atoms. The number of benzene rings is 2. The van der Waals surface area contributed by atoms with E-state index in [0.29, 0.717) is 6.54 Å². The first kappa shape index (κ1) is 19.1. The van der Waals surface area contributed by atoms with Gasteiger partial charge in [0.25, 0.3) is 0 Å². The molecule has 0 saturated heterocycles. The standard InChI is InChI=1S/C20H16N6OS.ClH/c1-27-17-9-5-2-6-14(17)10-11-19-24-26-18(22-23-20(26)28-19)12-25-13-21-15-7-3-4-8-16(15)25;/h2-11,13H,12H2,1H3;1H/b11-10+;. The van der Waals surface area contributed by atoms with Gasteiger partial charge in [0.15, 0.2) is 5.82 Å². The quantitative estimate of drug-likeness (QED) is 0.423. The summed E-state index contributed by atoms with van der Waals surface area (Å²) in [6.07, 6.45) is 5.78. The van der Waals surface area contributed by atoms with Gasteiger partial charge in [-0.1, -0.05) is 41.7 Å². The van der Waals surface area contributed by atoms with Crippen molar-refractivity contribution in [1.82, 2.24) is 29.4 Å². The number of aromatic nitrogens is 6. The fourth-order valence-electron chi connectivity index (χ4n) is 3.09. The Morgan fingerprint density at radius 2 is 1.86 bits per heavy atom. The topological polar surface area (TPSA) is 70.1 Å². The molecule has 0 amide bonds. The monoisotopic (exact) mass is 424 g/mol. The van der Waals surface area contributed by atoms with Crippen LogP contribution in [0.15, 0.2) is 54.9 Å². The molecule has 2 aromatic carbocycles. The van der Waals surface area contributed by atoms with Crippen LogP contribution >= 0.6 is 23.7 Å². The molecule has 0 radical (unpaired) electrons. The smallest absolute Gasteiger partial charge is 0.235 e. The van der Waals surface area contributed by atoms with Crippen LogP contribution in [0.25, 0.3) is 28.1 Å². The molecule has 5 aromatic rings. The van der Waals surface area contributed by atoms with Crippen LogP contribution in [0.5, 0.6) is 5.75 Å². The van der Waals surface area contributed by atoms with E-state index in [1.807, 2.05) is 67.0 Å². The van der Waals surface area contributed by atoms with Gasteiger partial charge in [-0.2, -0.15) is 9.61 Å². The van der Waals surface area contributed by atoms with Crippen LogP contribution in [0.1, 0.15) is 16.4 Å². The lowest BCUT2D eigenvalue weighted by atomic mass is 10.2. The molecule has 29 heavy (non-hydrogen) atoms. The number of rotatable bonds is 5. The number of fused-ring (bicyclic) bond motifs is 2. The number of hydrogen-bond donors (Lipinski definition) is 0. The second-order valence-electron chi connectivity index (χ2n) is 6.19. The molecule has 3 heterocycles. The Morgan fingerprint density at radius 3 is 2.76 bits per heavy atom. The summed E-state index contributed by atoms with van der Waals surface area (Å²) in [4.78, 5) is 5.19. The average molecular weight is 425 g/mol. The Labute approximate surface area is 176 Å². The van der Waals surface area contributed by atoms with Crippen molar-refractivity contribution >= 4 is 51.9 Å². The number of para-hydroxylation sites is 3. The van der Waals surface area contributed by atoms with Crippen LogP contribution in [-0.4, -0.2) is 36.5 Å². The van der Waals surface area contributed by atoms with Gasteiger partial charge in [0.2, 0.25) is 4.96 Å². The van der Waals surface area contributed by atoms with Gasteiger partial charge in [0.1, 0.15) is 10.8 Å². The first-order chi connectivity index (χ1) is 13.8. The third-order valence-electron chi connectivity index (χ3n) is 4.45. The molecule has 5 rings (SSSR count). The highest BCUT2D eigenvalue weighted by atomic mass is 35.5. The molecule has 0 aliphatic heterocycles. The SMILES string of the molecule is COc1ccccc1/C=C/c1nn2c(Cn3cnc4ccccc43)nnc2s1.Cl. The van der Waals surface area contributed by atoms with E-state index in [-0.39, 0.29) is 12.4 Å². The van der Waals surface area contributed by atoms with Crippen LogP contribution in [0.3, 0.4) is 0 Å². The van der Waals surface area contributed by atoms with Crippen molar-refractivity contribution in [3.05, 3.63) is 71.3 Å². The van der Waals surface area contributed by atoms with Gasteiger partial charge in [0.05, 0.1) is 31.0 Å². The number of hydrogen-bond acceptors (Lipinski definition) is 6. The molecule has 0 aliphatic rings. The van der Waals surface area contributed by atoms with Gasteiger partial charge in [-0.25, -0.2) is 4.98 Å². The summed E-state index contributed by atoms with van der Waals surface area (Å²) in [5.41, 5.74) is 3.02. The molecule has 0 saturated carbocycles. The molecule has 0 spiro atoms. The number of imidazole rings is 1. The molecule has 0 atom stereocenters. The van der Waals surface area contributed by atoms with Crippen molar-refractivity contribution in [3.63, 3.8) is 0 Å². The first-order valence-corrected chi connectivity index (χ1v) is 9.55. The van der Waals surface area contributed by atoms with E-state index in [0.717, 1.165) is 38.1 Å². The zero-order valence-corrected chi connectivity index (χ0v) is 17.1.